The quantitative estimate of drug-likeness (QED) is 0.381. The predicted octanol–water partition coefficient (Wildman–Crippen LogP) is 4.71. The second-order valence-corrected chi connectivity index (χ2v) is 10.2. The van der Waals surface area contributed by atoms with Crippen molar-refractivity contribution >= 4 is 62.6 Å². The Hall–Kier alpha value is -3.22. The van der Waals surface area contributed by atoms with Crippen LogP contribution in [-0.2, 0) is 20.1 Å². The summed E-state index contributed by atoms with van der Waals surface area (Å²) in [5.74, 6) is 0.411. The van der Waals surface area contributed by atoms with Gasteiger partial charge in [0.05, 0.1) is 34.2 Å². The second kappa shape index (κ2) is 9.95. The monoisotopic (exact) mass is 519 g/mol. The Labute approximate surface area is 208 Å². The van der Waals surface area contributed by atoms with Crippen molar-refractivity contribution in [2.45, 2.75) is 26.9 Å². The highest BCUT2D eigenvalue weighted by Gasteiger charge is 2.19. The van der Waals surface area contributed by atoms with Gasteiger partial charge in [-0.3, -0.25) is 10.00 Å². The number of nitrogens with zero attached hydrogens (tertiary/aromatic N) is 5. The summed E-state index contributed by atoms with van der Waals surface area (Å²) in [6.07, 6.45) is -0.537. The molecule has 0 aromatic carbocycles. The van der Waals surface area contributed by atoms with Crippen molar-refractivity contribution in [3.8, 4) is 5.75 Å². The van der Waals surface area contributed by atoms with Gasteiger partial charge in [0.25, 0.3) is 0 Å². The Bertz CT molecular complexity index is 1360. The predicted molar refractivity (Wildman–Crippen MR) is 133 cm³/mol. The van der Waals surface area contributed by atoms with Crippen LogP contribution in [-0.4, -0.2) is 43.8 Å². The van der Waals surface area contributed by atoms with Crippen LogP contribution in [0.25, 0.3) is 11.0 Å². The largest absolute Gasteiger partial charge is 0.415 e. The van der Waals surface area contributed by atoms with Gasteiger partial charge in [-0.1, -0.05) is 11.6 Å². The molecule has 0 unspecified atom stereocenters. The third kappa shape index (κ3) is 5.46. The first-order valence-electron chi connectivity index (χ1n) is 10.2. The summed E-state index contributed by atoms with van der Waals surface area (Å²) in [6.45, 7) is 4.26. The van der Waals surface area contributed by atoms with Gasteiger partial charge in [0.1, 0.15) is 5.75 Å². The molecule has 10 nitrogen and oxygen atoms in total. The lowest BCUT2D eigenvalue weighted by molar-refractivity contribution is 0.161. The van der Waals surface area contributed by atoms with E-state index in [9.17, 15) is 9.59 Å². The molecule has 13 heteroatoms. The van der Waals surface area contributed by atoms with Gasteiger partial charge in [0.2, 0.25) is 0 Å². The number of amides is 3. The Balaban J connectivity index is 1.34. The number of rotatable bonds is 6. The number of thiazole rings is 1. The topological polar surface area (TPSA) is 114 Å². The van der Waals surface area contributed by atoms with Crippen LogP contribution in [0.2, 0.25) is 4.34 Å². The number of anilines is 1. The molecule has 34 heavy (non-hydrogen) atoms. The zero-order chi connectivity index (χ0) is 24.4. The molecule has 0 aliphatic carbocycles. The third-order valence-corrected chi connectivity index (χ3v) is 6.83. The van der Waals surface area contributed by atoms with Gasteiger partial charge in [-0.05, 0) is 26.0 Å². The number of hydrogen-bond acceptors (Lipinski definition) is 8. The number of fused-ring (bicyclic) bond motifs is 1. The summed E-state index contributed by atoms with van der Waals surface area (Å²) in [4.78, 5) is 36.1. The molecular weight excluding hydrogens is 498 g/mol. The van der Waals surface area contributed by atoms with E-state index in [1.54, 1.807) is 36.3 Å². The summed E-state index contributed by atoms with van der Waals surface area (Å²) in [7, 11) is 3.42. The van der Waals surface area contributed by atoms with Crippen LogP contribution in [0.4, 0.5) is 14.7 Å². The lowest BCUT2D eigenvalue weighted by atomic mass is 10.2. The first kappa shape index (κ1) is 23.9. The van der Waals surface area contributed by atoms with Crippen molar-refractivity contribution < 1.29 is 14.3 Å². The van der Waals surface area contributed by atoms with Crippen LogP contribution in [0.1, 0.15) is 22.0 Å². The highest BCUT2D eigenvalue weighted by molar-refractivity contribution is 7.16. The van der Waals surface area contributed by atoms with Crippen molar-refractivity contribution in [3.63, 3.8) is 0 Å². The van der Waals surface area contributed by atoms with E-state index in [1.807, 2.05) is 19.9 Å². The number of aryl methyl sites for hydroxylation is 3. The Kier molecular flexibility index (Phi) is 7.00. The molecule has 0 spiro atoms. The van der Waals surface area contributed by atoms with E-state index in [0.717, 1.165) is 16.3 Å². The van der Waals surface area contributed by atoms with E-state index < -0.39 is 6.09 Å². The maximum atomic E-state index is 12.7. The van der Waals surface area contributed by atoms with Crippen molar-refractivity contribution in [2.24, 2.45) is 7.05 Å². The molecular formula is C21H22ClN7O3S2. The minimum atomic E-state index is -0.537. The molecule has 4 rings (SSSR count). The molecule has 0 fully saturated rings. The smallest absolute Gasteiger partial charge is 0.409 e. The van der Waals surface area contributed by atoms with E-state index in [1.165, 1.54) is 27.6 Å². The SMILES string of the molecule is Cc1cc(OC(=O)N(C)Cc2csc(NC(=O)NCc3ccc(Cl)s3)n2)c2c(C)nn(C)c2n1. The number of halogens is 1. The number of carbonyl (C=O) groups excluding carboxylic acids is 2. The van der Waals surface area contributed by atoms with Crippen molar-refractivity contribution in [2.75, 3.05) is 12.4 Å². The molecule has 4 aromatic rings. The molecule has 178 valence electrons. The molecule has 0 aliphatic heterocycles. The number of carbonyl (C=O) groups is 2. The van der Waals surface area contributed by atoms with E-state index >= 15 is 0 Å². The van der Waals surface area contributed by atoms with Gasteiger partial charge in [0.15, 0.2) is 10.8 Å². The third-order valence-electron chi connectivity index (χ3n) is 4.79. The molecule has 4 aromatic heterocycles. The Morgan fingerprint density at radius 2 is 2.06 bits per heavy atom. The molecule has 0 radical (unpaired) electrons. The second-order valence-electron chi connectivity index (χ2n) is 7.55. The Morgan fingerprint density at radius 3 is 2.79 bits per heavy atom. The van der Waals surface area contributed by atoms with Gasteiger partial charge < -0.3 is 15.0 Å². The zero-order valence-electron chi connectivity index (χ0n) is 18.9. The van der Waals surface area contributed by atoms with Crippen molar-refractivity contribution in [1.82, 2.24) is 30.0 Å². The normalized spacial score (nSPS) is 11.0. The van der Waals surface area contributed by atoms with Crippen LogP contribution in [0.3, 0.4) is 0 Å². The van der Waals surface area contributed by atoms with Gasteiger partial charge in [0, 0.05) is 36.1 Å². The number of ether oxygens (including phenoxy) is 1. The first-order chi connectivity index (χ1) is 16.2. The molecule has 0 bridgehead atoms. The van der Waals surface area contributed by atoms with Gasteiger partial charge >= 0.3 is 12.1 Å². The molecule has 4 heterocycles. The fourth-order valence-electron chi connectivity index (χ4n) is 3.28. The lowest BCUT2D eigenvalue weighted by Crippen LogP contribution is -2.29. The maximum Gasteiger partial charge on any atom is 0.415 e. The van der Waals surface area contributed by atoms with Gasteiger partial charge in [-0.25, -0.2) is 19.6 Å². The van der Waals surface area contributed by atoms with E-state index in [2.05, 4.69) is 25.7 Å². The van der Waals surface area contributed by atoms with Crippen LogP contribution < -0.4 is 15.4 Å². The van der Waals surface area contributed by atoms with E-state index in [-0.39, 0.29) is 12.6 Å². The number of nitrogens with one attached hydrogen (secondary N) is 2. The summed E-state index contributed by atoms with van der Waals surface area (Å²) in [5.41, 5.74) is 2.72. The molecule has 0 saturated heterocycles. The summed E-state index contributed by atoms with van der Waals surface area (Å²) in [5, 5.41) is 12.7. The number of hydrogen-bond donors (Lipinski definition) is 2. The van der Waals surface area contributed by atoms with Crippen LogP contribution in [0.5, 0.6) is 5.75 Å². The lowest BCUT2D eigenvalue weighted by Gasteiger charge is -2.16. The minimum Gasteiger partial charge on any atom is -0.409 e. The van der Waals surface area contributed by atoms with Gasteiger partial charge in [-0.15, -0.1) is 22.7 Å². The maximum absolute atomic E-state index is 12.7. The van der Waals surface area contributed by atoms with Crippen LogP contribution in [0.15, 0.2) is 23.6 Å². The van der Waals surface area contributed by atoms with E-state index in [0.29, 0.717) is 38.5 Å². The highest BCUT2D eigenvalue weighted by Crippen LogP contribution is 2.28. The standard InChI is InChI=1S/C21H22ClN7O3S2/c1-11-7-15(17-12(2)27-29(4)18(17)24-11)32-21(31)28(3)9-13-10-33-20(25-13)26-19(30)23-8-14-5-6-16(22)34-14/h5-7,10H,8-9H2,1-4H3,(H2,23,25,26,30). The van der Waals surface area contributed by atoms with Crippen molar-refractivity contribution in [1.29, 1.82) is 0 Å². The first-order valence-corrected chi connectivity index (χ1v) is 12.2. The minimum absolute atomic E-state index is 0.214. The van der Waals surface area contributed by atoms with Crippen molar-refractivity contribution in [3.05, 3.63) is 49.9 Å². The summed E-state index contributed by atoms with van der Waals surface area (Å²) in [6, 6.07) is 4.99. The summed E-state index contributed by atoms with van der Waals surface area (Å²) >= 11 is 8.57. The number of urea groups is 1. The van der Waals surface area contributed by atoms with Gasteiger partial charge in [-0.2, -0.15) is 5.10 Å². The number of aromatic nitrogens is 4. The molecule has 0 saturated carbocycles. The Morgan fingerprint density at radius 1 is 1.26 bits per heavy atom. The molecule has 0 atom stereocenters. The number of pyridine rings is 1. The fourth-order valence-corrected chi connectivity index (χ4v) is 5.00. The van der Waals surface area contributed by atoms with Crippen LogP contribution >= 0.6 is 34.3 Å². The molecule has 0 aliphatic rings. The average molecular weight is 520 g/mol. The number of thiophene rings is 1. The van der Waals surface area contributed by atoms with E-state index in [4.69, 9.17) is 16.3 Å². The van der Waals surface area contributed by atoms with Crippen LogP contribution in [0, 0.1) is 13.8 Å². The zero-order valence-corrected chi connectivity index (χ0v) is 21.3. The molecule has 2 N–H and O–H groups in total. The highest BCUT2D eigenvalue weighted by atomic mass is 35.5. The average Bonchev–Trinajstić information content (AvgIpc) is 3.46. The summed E-state index contributed by atoms with van der Waals surface area (Å²) < 4.78 is 8.00. The molecule has 3 amide bonds. The fraction of sp³-hybridized carbons (Fsp3) is 0.286.